The molecule has 0 saturated carbocycles. The average Bonchev–Trinajstić information content (AvgIpc) is 2.89. The summed E-state index contributed by atoms with van der Waals surface area (Å²) in [6.45, 7) is 0.432. The number of aromatic nitrogens is 1. The Morgan fingerprint density at radius 1 is 1.30 bits per heavy atom. The van der Waals surface area contributed by atoms with E-state index in [2.05, 4.69) is 4.98 Å². The molecular formula is C15H12ClN3O4. The Bertz CT molecular complexity index is 768. The fourth-order valence-corrected chi connectivity index (χ4v) is 2.68. The summed E-state index contributed by atoms with van der Waals surface area (Å²) in [4.78, 5) is 28.0. The third kappa shape index (κ3) is 2.95. The van der Waals surface area contributed by atoms with E-state index >= 15 is 0 Å². The minimum atomic E-state index is -0.797. The van der Waals surface area contributed by atoms with Crippen LogP contribution in [0.2, 0.25) is 5.02 Å². The number of hydrogen-bond donors (Lipinski definition) is 0. The number of halogens is 1. The number of rotatable bonds is 4. The first-order chi connectivity index (χ1) is 11.1. The third-order valence-electron chi connectivity index (χ3n) is 3.49. The minimum absolute atomic E-state index is 0.0168. The maximum atomic E-state index is 12.5. The van der Waals surface area contributed by atoms with E-state index in [-0.39, 0.29) is 11.7 Å². The van der Waals surface area contributed by atoms with E-state index in [0.717, 1.165) is 0 Å². The van der Waals surface area contributed by atoms with Crippen molar-refractivity contribution in [2.45, 2.75) is 12.5 Å². The highest BCUT2D eigenvalue weighted by Gasteiger charge is 2.36. The molecule has 118 valence electrons. The second kappa shape index (κ2) is 6.21. The van der Waals surface area contributed by atoms with Crippen molar-refractivity contribution < 1.29 is 14.5 Å². The molecule has 1 aromatic carbocycles. The van der Waals surface area contributed by atoms with E-state index in [1.165, 1.54) is 23.2 Å². The molecule has 2 heterocycles. The molecule has 0 N–H and O–H groups in total. The molecule has 1 aliphatic heterocycles. The van der Waals surface area contributed by atoms with Crippen LogP contribution in [0, 0.1) is 10.1 Å². The van der Waals surface area contributed by atoms with Crippen molar-refractivity contribution in [3.8, 4) is 5.75 Å². The van der Waals surface area contributed by atoms with E-state index in [1.807, 2.05) is 0 Å². The summed E-state index contributed by atoms with van der Waals surface area (Å²) in [6.07, 6.45) is 0.919. The van der Waals surface area contributed by atoms with Gasteiger partial charge in [0.15, 0.2) is 6.10 Å². The van der Waals surface area contributed by atoms with Crippen LogP contribution < -0.4 is 9.64 Å². The number of nitrogens with zero attached hydrogens (tertiary/aromatic N) is 3. The second-order valence-electron chi connectivity index (χ2n) is 4.92. The summed E-state index contributed by atoms with van der Waals surface area (Å²) in [5.74, 6) is -0.704. The molecular weight excluding hydrogens is 322 g/mol. The second-order valence-corrected chi connectivity index (χ2v) is 5.33. The Hall–Kier alpha value is -2.67. The fourth-order valence-electron chi connectivity index (χ4n) is 2.44. The van der Waals surface area contributed by atoms with Crippen LogP contribution in [0.25, 0.3) is 0 Å². The first-order valence-electron chi connectivity index (χ1n) is 6.90. The van der Waals surface area contributed by atoms with E-state index in [0.29, 0.717) is 23.7 Å². The quantitative estimate of drug-likeness (QED) is 0.634. The lowest BCUT2D eigenvalue weighted by Crippen LogP contribution is -2.32. The molecule has 0 unspecified atom stereocenters. The van der Waals surface area contributed by atoms with Crippen molar-refractivity contribution >= 4 is 29.0 Å². The summed E-state index contributed by atoms with van der Waals surface area (Å²) in [7, 11) is 0. The minimum Gasteiger partial charge on any atom is -0.472 e. The van der Waals surface area contributed by atoms with Crippen molar-refractivity contribution in [2.24, 2.45) is 0 Å². The predicted octanol–water partition coefficient (Wildman–Crippen LogP) is 2.83. The Morgan fingerprint density at radius 3 is 2.83 bits per heavy atom. The summed E-state index contributed by atoms with van der Waals surface area (Å²) >= 11 is 6.11. The maximum Gasteiger partial charge on any atom is 0.406 e. The molecule has 1 aromatic heterocycles. The van der Waals surface area contributed by atoms with Crippen LogP contribution in [0.15, 0.2) is 42.6 Å². The van der Waals surface area contributed by atoms with E-state index in [1.54, 1.807) is 24.3 Å². The van der Waals surface area contributed by atoms with Gasteiger partial charge in [0.25, 0.3) is 5.91 Å². The summed E-state index contributed by atoms with van der Waals surface area (Å²) in [5.41, 5.74) is 0.603. The van der Waals surface area contributed by atoms with Crippen molar-refractivity contribution in [1.82, 2.24) is 4.98 Å². The van der Waals surface area contributed by atoms with Crippen LogP contribution in [0.1, 0.15) is 6.42 Å². The molecule has 0 radical (unpaired) electrons. The van der Waals surface area contributed by atoms with Gasteiger partial charge in [0, 0.05) is 13.0 Å². The van der Waals surface area contributed by atoms with Crippen LogP contribution in [0.5, 0.6) is 5.75 Å². The van der Waals surface area contributed by atoms with Gasteiger partial charge in [-0.2, -0.15) is 0 Å². The normalized spacial score (nSPS) is 17.3. The van der Waals surface area contributed by atoms with Gasteiger partial charge in [-0.05, 0) is 34.2 Å². The number of para-hydroxylation sites is 1. The molecule has 7 nitrogen and oxygen atoms in total. The van der Waals surface area contributed by atoms with Gasteiger partial charge in [-0.15, -0.1) is 0 Å². The number of pyridine rings is 1. The number of carbonyl (C=O) groups excluding carboxylic acids is 1. The zero-order valence-electron chi connectivity index (χ0n) is 11.9. The molecule has 8 heteroatoms. The Morgan fingerprint density at radius 2 is 2.09 bits per heavy atom. The molecule has 2 aromatic rings. The zero-order chi connectivity index (χ0) is 16.4. The molecule has 1 aliphatic rings. The number of anilines is 1. The highest BCUT2D eigenvalue weighted by atomic mass is 35.5. The van der Waals surface area contributed by atoms with Gasteiger partial charge >= 0.3 is 5.82 Å². The first kappa shape index (κ1) is 15.2. The van der Waals surface area contributed by atoms with Crippen LogP contribution in [-0.4, -0.2) is 28.5 Å². The Labute approximate surface area is 136 Å². The smallest absolute Gasteiger partial charge is 0.406 e. The van der Waals surface area contributed by atoms with Crippen LogP contribution in [0.4, 0.5) is 11.5 Å². The van der Waals surface area contributed by atoms with E-state index in [4.69, 9.17) is 16.3 Å². The first-order valence-corrected chi connectivity index (χ1v) is 7.27. The lowest BCUT2D eigenvalue weighted by molar-refractivity contribution is -0.390. The van der Waals surface area contributed by atoms with Crippen LogP contribution in [0.3, 0.4) is 0 Å². The number of hydrogen-bond acceptors (Lipinski definition) is 5. The topological polar surface area (TPSA) is 85.6 Å². The number of ether oxygens (including phenoxy) is 1. The van der Waals surface area contributed by atoms with Crippen LogP contribution >= 0.6 is 11.6 Å². The van der Waals surface area contributed by atoms with E-state index < -0.39 is 16.8 Å². The third-order valence-corrected chi connectivity index (χ3v) is 3.81. The van der Waals surface area contributed by atoms with Gasteiger partial charge in [0.1, 0.15) is 6.20 Å². The monoisotopic (exact) mass is 333 g/mol. The fraction of sp³-hybridized carbons (Fsp3) is 0.200. The van der Waals surface area contributed by atoms with Gasteiger partial charge in [0.05, 0.1) is 10.7 Å². The van der Waals surface area contributed by atoms with Crippen molar-refractivity contribution in [3.05, 3.63) is 57.7 Å². The molecule has 0 bridgehead atoms. The largest absolute Gasteiger partial charge is 0.472 e. The highest BCUT2D eigenvalue weighted by Crippen LogP contribution is 2.32. The van der Waals surface area contributed by atoms with Gasteiger partial charge < -0.3 is 19.8 Å². The predicted molar refractivity (Wildman–Crippen MR) is 83.7 cm³/mol. The maximum absolute atomic E-state index is 12.5. The number of benzene rings is 1. The molecule has 0 spiro atoms. The van der Waals surface area contributed by atoms with Crippen LogP contribution in [-0.2, 0) is 4.79 Å². The Balaban J connectivity index is 1.81. The van der Waals surface area contributed by atoms with Gasteiger partial charge in [0.2, 0.25) is 5.75 Å². The molecule has 0 aliphatic carbocycles. The summed E-state index contributed by atoms with van der Waals surface area (Å²) in [5, 5.41) is 11.4. The molecule has 1 saturated heterocycles. The number of carbonyl (C=O) groups is 1. The molecule has 3 rings (SSSR count). The standard InChI is InChI=1S/C15H12ClN3O4/c16-10-4-1-2-5-11(10)18-9-7-13(15(18)20)23-12-6-3-8-17-14(12)19(21)22/h1-6,8,13H,7,9H2/t13-/m1/s1. The Kier molecular flexibility index (Phi) is 4.12. The average molecular weight is 334 g/mol. The van der Waals surface area contributed by atoms with Crippen molar-refractivity contribution in [2.75, 3.05) is 11.4 Å². The molecule has 1 amide bonds. The summed E-state index contributed by atoms with van der Waals surface area (Å²) in [6, 6.07) is 9.96. The zero-order valence-corrected chi connectivity index (χ0v) is 12.6. The van der Waals surface area contributed by atoms with Gasteiger partial charge in [-0.25, -0.2) is 0 Å². The van der Waals surface area contributed by atoms with Crippen molar-refractivity contribution in [1.29, 1.82) is 0 Å². The van der Waals surface area contributed by atoms with Gasteiger partial charge in [-0.3, -0.25) is 4.79 Å². The van der Waals surface area contributed by atoms with Gasteiger partial charge in [-0.1, -0.05) is 23.7 Å². The number of amides is 1. The van der Waals surface area contributed by atoms with E-state index in [9.17, 15) is 14.9 Å². The lowest BCUT2D eigenvalue weighted by atomic mass is 10.3. The number of nitro groups is 1. The molecule has 23 heavy (non-hydrogen) atoms. The van der Waals surface area contributed by atoms with Crippen molar-refractivity contribution in [3.63, 3.8) is 0 Å². The summed E-state index contributed by atoms with van der Waals surface area (Å²) < 4.78 is 5.53. The SMILES string of the molecule is O=C1[C@H](Oc2cccnc2[N+](=O)[O-])CCN1c1ccccc1Cl. The highest BCUT2D eigenvalue weighted by molar-refractivity contribution is 6.33. The lowest BCUT2D eigenvalue weighted by Gasteiger charge is -2.18. The molecule has 1 fully saturated rings. The molecule has 1 atom stereocenters.